The molecule has 1 N–H and O–H groups in total. The Labute approximate surface area is 150 Å². The van der Waals surface area contributed by atoms with Crippen LogP contribution in [0.2, 0.25) is 0 Å². The summed E-state index contributed by atoms with van der Waals surface area (Å²) in [7, 11) is 1.45. The Balaban J connectivity index is 2.08. The maximum Gasteiger partial charge on any atom is 0.311 e. The zero-order chi connectivity index (χ0) is 19.1. The van der Waals surface area contributed by atoms with Crippen LogP contribution in [-0.4, -0.2) is 41.8 Å². The van der Waals surface area contributed by atoms with E-state index in [1.807, 2.05) is 6.07 Å². The van der Waals surface area contributed by atoms with Crippen molar-refractivity contribution in [3.05, 3.63) is 64.2 Å². The van der Waals surface area contributed by atoms with Crippen molar-refractivity contribution in [2.24, 2.45) is 0 Å². The van der Waals surface area contributed by atoms with Gasteiger partial charge >= 0.3 is 5.69 Å². The van der Waals surface area contributed by atoms with Crippen LogP contribution in [0.3, 0.4) is 0 Å². The van der Waals surface area contributed by atoms with Crippen LogP contribution in [0.1, 0.15) is 17.3 Å². The Morgan fingerprint density at radius 2 is 1.88 bits per heavy atom. The molecule has 0 saturated heterocycles. The molecule has 2 aromatic rings. The topological polar surface area (TPSA) is 102 Å². The lowest BCUT2D eigenvalue weighted by molar-refractivity contribution is -0.385. The molecule has 0 bridgehead atoms. The van der Waals surface area contributed by atoms with E-state index in [9.17, 15) is 19.7 Å². The highest BCUT2D eigenvalue weighted by Gasteiger charge is 2.21. The summed E-state index contributed by atoms with van der Waals surface area (Å²) >= 11 is 0. The van der Waals surface area contributed by atoms with Gasteiger partial charge in [0.05, 0.1) is 18.1 Å². The molecular weight excluding hydrogens is 338 g/mol. The predicted octanol–water partition coefficient (Wildman–Crippen LogP) is 2.70. The number of nitro benzene ring substituents is 1. The summed E-state index contributed by atoms with van der Waals surface area (Å²) in [6.07, 6.45) is 0. The van der Waals surface area contributed by atoms with Crippen LogP contribution in [0, 0.1) is 10.1 Å². The number of ether oxygens (including phenoxy) is 1. The SMILES string of the molecule is CCOc1ccc(C(=O)N(C)CC(=O)Nc2ccccc2)cc1[N+](=O)[O-]. The maximum absolute atomic E-state index is 12.5. The van der Waals surface area contributed by atoms with E-state index in [1.165, 1.54) is 24.1 Å². The Hall–Kier alpha value is -3.42. The first-order valence-electron chi connectivity index (χ1n) is 7.94. The first-order chi connectivity index (χ1) is 12.4. The van der Waals surface area contributed by atoms with E-state index in [1.54, 1.807) is 31.2 Å². The normalized spacial score (nSPS) is 10.1. The van der Waals surface area contributed by atoms with Crippen LogP contribution in [-0.2, 0) is 4.79 Å². The molecule has 0 aliphatic rings. The fraction of sp³-hybridized carbons (Fsp3) is 0.222. The predicted molar refractivity (Wildman–Crippen MR) is 96.3 cm³/mol. The summed E-state index contributed by atoms with van der Waals surface area (Å²) < 4.78 is 5.19. The monoisotopic (exact) mass is 357 g/mol. The molecule has 8 heteroatoms. The molecule has 8 nitrogen and oxygen atoms in total. The number of nitrogens with zero attached hydrogens (tertiary/aromatic N) is 2. The van der Waals surface area contributed by atoms with Gasteiger partial charge in [0.1, 0.15) is 0 Å². The lowest BCUT2D eigenvalue weighted by Crippen LogP contribution is -2.34. The van der Waals surface area contributed by atoms with Gasteiger partial charge in [-0.1, -0.05) is 18.2 Å². The van der Waals surface area contributed by atoms with Gasteiger partial charge in [-0.25, -0.2) is 0 Å². The summed E-state index contributed by atoms with van der Waals surface area (Å²) in [6, 6.07) is 12.8. The minimum absolute atomic E-state index is 0.0959. The Bertz CT molecular complexity index is 808. The van der Waals surface area contributed by atoms with Gasteiger partial charge in [-0.2, -0.15) is 0 Å². The first-order valence-corrected chi connectivity index (χ1v) is 7.94. The van der Waals surface area contributed by atoms with Crippen LogP contribution >= 0.6 is 0 Å². The Kier molecular flexibility index (Phi) is 6.26. The third-order valence-corrected chi connectivity index (χ3v) is 3.49. The number of nitrogens with one attached hydrogen (secondary N) is 1. The van der Waals surface area contributed by atoms with E-state index in [0.29, 0.717) is 5.69 Å². The largest absolute Gasteiger partial charge is 0.487 e. The molecule has 0 radical (unpaired) electrons. The van der Waals surface area contributed by atoms with Crippen molar-refractivity contribution < 1.29 is 19.2 Å². The fourth-order valence-corrected chi connectivity index (χ4v) is 2.30. The average molecular weight is 357 g/mol. The Morgan fingerprint density at radius 3 is 2.50 bits per heavy atom. The van der Waals surface area contributed by atoms with Crippen molar-refractivity contribution in [3.63, 3.8) is 0 Å². The highest BCUT2D eigenvalue weighted by Crippen LogP contribution is 2.28. The lowest BCUT2D eigenvalue weighted by atomic mass is 10.1. The quantitative estimate of drug-likeness (QED) is 0.606. The van der Waals surface area contributed by atoms with E-state index < -0.39 is 10.8 Å². The smallest absolute Gasteiger partial charge is 0.311 e. The van der Waals surface area contributed by atoms with Crippen molar-refractivity contribution in [3.8, 4) is 5.75 Å². The van der Waals surface area contributed by atoms with E-state index in [-0.39, 0.29) is 36.1 Å². The van der Waals surface area contributed by atoms with E-state index in [2.05, 4.69) is 5.32 Å². The molecular formula is C18H19N3O5. The lowest BCUT2D eigenvalue weighted by Gasteiger charge is -2.17. The maximum atomic E-state index is 12.5. The van der Waals surface area contributed by atoms with Crippen LogP contribution in [0.15, 0.2) is 48.5 Å². The van der Waals surface area contributed by atoms with Crippen LogP contribution < -0.4 is 10.1 Å². The minimum atomic E-state index is -0.607. The number of likely N-dealkylation sites (N-methyl/N-ethyl adjacent to an activating group) is 1. The van der Waals surface area contributed by atoms with Gasteiger partial charge in [-0.05, 0) is 31.2 Å². The highest BCUT2D eigenvalue weighted by atomic mass is 16.6. The third kappa shape index (κ3) is 4.79. The van der Waals surface area contributed by atoms with E-state index >= 15 is 0 Å². The molecule has 0 atom stereocenters. The van der Waals surface area contributed by atoms with Crippen molar-refractivity contribution in [1.29, 1.82) is 0 Å². The second-order valence-electron chi connectivity index (χ2n) is 5.45. The average Bonchev–Trinajstić information content (AvgIpc) is 2.62. The molecule has 0 aromatic heterocycles. The van der Waals surface area contributed by atoms with Gasteiger partial charge in [-0.3, -0.25) is 19.7 Å². The van der Waals surface area contributed by atoms with Crippen LogP contribution in [0.25, 0.3) is 0 Å². The standard InChI is InChI=1S/C18H19N3O5/c1-3-26-16-10-9-13(11-15(16)21(24)25)18(23)20(2)12-17(22)19-14-7-5-4-6-8-14/h4-11H,3,12H2,1-2H3,(H,19,22). The second kappa shape index (κ2) is 8.61. The molecule has 136 valence electrons. The van der Waals surface area contributed by atoms with Gasteiger partial charge in [-0.15, -0.1) is 0 Å². The summed E-state index contributed by atoms with van der Waals surface area (Å²) in [5.41, 5.74) is 0.435. The number of nitro groups is 1. The van der Waals surface area contributed by atoms with E-state index in [0.717, 1.165) is 6.07 Å². The van der Waals surface area contributed by atoms with Gasteiger partial charge in [0.15, 0.2) is 5.75 Å². The number of carbonyl (C=O) groups is 2. The molecule has 0 spiro atoms. The fourth-order valence-electron chi connectivity index (χ4n) is 2.30. The third-order valence-electron chi connectivity index (χ3n) is 3.49. The molecule has 2 amide bonds. The minimum Gasteiger partial charge on any atom is -0.487 e. The van der Waals surface area contributed by atoms with Crippen molar-refractivity contribution in [2.45, 2.75) is 6.92 Å². The van der Waals surface area contributed by atoms with Crippen molar-refractivity contribution in [2.75, 3.05) is 25.5 Å². The molecule has 0 unspecified atom stereocenters. The number of hydrogen-bond donors (Lipinski definition) is 1. The molecule has 2 aromatic carbocycles. The number of hydrogen-bond acceptors (Lipinski definition) is 5. The van der Waals surface area contributed by atoms with Gasteiger partial charge in [0.25, 0.3) is 5.91 Å². The molecule has 0 fully saturated rings. The summed E-state index contributed by atoms with van der Waals surface area (Å²) in [6.45, 7) is 1.80. The molecule has 0 heterocycles. The van der Waals surface area contributed by atoms with Gasteiger partial charge in [0.2, 0.25) is 5.91 Å². The molecule has 26 heavy (non-hydrogen) atoms. The molecule has 2 rings (SSSR count). The summed E-state index contributed by atoms with van der Waals surface area (Å²) in [5.74, 6) is -0.773. The van der Waals surface area contributed by atoms with E-state index in [4.69, 9.17) is 4.74 Å². The summed E-state index contributed by atoms with van der Waals surface area (Å²) in [4.78, 5) is 36.2. The Morgan fingerprint density at radius 1 is 1.19 bits per heavy atom. The van der Waals surface area contributed by atoms with Gasteiger partial charge in [0, 0.05) is 24.4 Å². The first kappa shape index (κ1) is 18.9. The van der Waals surface area contributed by atoms with Gasteiger partial charge < -0.3 is 15.0 Å². The zero-order valence-corrected chi connectivity index (χ0v) is 14.5. The zero-order valence-electron chi connectivity index (χ0n) is 14.5. The highest BCUT2D eigenvalue weighted by molar-refractivity contribution is 5.99. The second-order valence-corrected chi connectivity index (χ2v) is 5.45. The molecule has 0 saturated carbocycles. The number of carbonyl (C=O) groups excluding carboxylic acids is 2. The van der Waals surface area contributed by atoms with Crippen LogP contribution in [0.4, 0.5) is 11.4 Å². The number of benzene rings is 2. The van der Waals surface area contributed by atoms with Crippen molar-refractivity contribution in [1.82, 2.24) is 4.90 Å². The number of para-hydroxylation sites is 1. The number of anilines is 1. The number of rotatable bonds is 7. The van der Waals surface area contributed by atoms with Crippen LogP contribution in [0.5, 0.6) is 5.75 Å². The van der Waals surface area contributed by atoms with Crippen molar-refractivity contribution >= 4 is 23.2 Å². The molecule has 0 aliphatic carbocycles. The summed E-state index contributed by atoms with van der Waals surface area (Å²) in [5, 5.41) is 13.8. The number of amides is 2. The molecule has 0 aliphatic heterocycles.